The van der Waals surface area contributed by atoms with Crippen molar-refractivity contribution in [2.75, 3.05) is 20.8 Å². The smallest absolute Gasteiger partial charge is 0.341 e. The van der Waals surface area contributed by atoms with Crippen LogP contribution in [0.1, 0.15) is 15.9 Å². The molecule has 0 aliphatic carbocycles. The molecule has 1 aliphatic rings. The number of aliphatic carboxylic acids is 1. The molecule has 0 aromatic heterocycles. The van der Waals surface area contributed by atoms with Gasteiger partial charge in [-0.15, -0.1) is 0 Å². The van der Waals surface area contributed by atoms with Gasteiger partial charge in [0.1, 0.15) is 0 Å². The molecule has 0 radical (unpaired) electrons. The van der Waals surface area contributed by atoms with Gasteiger partial charge in [-0.3, -0.25) is 9.69 Å². The largest absolute Gasteiger partial charge is 0.493 e. The minimum Gasteiger partial charge on any atom is -0.493 e. The molecule has 2 aromatic carbocycles. The highest BCUT2D eigenvalue weighted by Gasteiger charge is 2.30. The molecule has 0 atom stereocenters. The number of carbonyl (C=O) groups excluding carboxylic acids is 1. The third-order valence-electron chi connectivity index (χ3n) is 4.26. The second kappa shape index (κ2) is 9.88. The molecule has 1 heterocycles. The topological polar surface area (TPSA) is 126 Å². The number of aromatic carboxylic acids is 1. The molecule has 3 rings (SSSR count). The quantitative estimate of drug-likeness (QED) is 0.527. The highest BCUT2D eigenvalue weighted by Crippen LogP contribution is 2.38. The van der Waals surface area contributed by atoms with Crippen molar-refractivity contribution in [1.29, 1.82) is 0 Å². The van der Waals surface area contributed by atoms with E-state index in [1.165, 1.54) is 35.9 Å². The minimum absolute atomic E-state index is 0.146. The summed E-state index contributed by atoms with van der Waals surface area (Å²) in [5.74, 6) is -1.84. The van der Waals surface area contributed by atoms with Crippen molar-refractivity contribution in [1.82, 2.24) is 4.90 Å². The van der Waals surface area contributed by atoms with Crippen molar-refractivity contribution >= 4 is 62.5 Å². The number of carboxylic acid groups (broad SMARTS) is 2. The monoisotopic (exact) mass is 520 g/mol. The molecule has 0 saturated carbocycles. The number of benzene rings is 2. The number of amides is 1. The Labute approximate surface area is 195 Å². The highest BCUT2D eigenvalue weighted by atomic mass is 79.9. The molecule has 0 bridgehead atoms. The number of rotatable bonds is 7. The Kier molecular flexibility index (Phi) is 7.21. The molecular weight excluding hydrogens is 504 g/mol. The van der Waals surface area contributed by atoms with Gasteiger partial charge in [0.15, 0.2) is 23.3 Å². The Hall–Kier alpha value is -3.31. The van der Waals surface area contributed by atoms with Crippen LogP contribution in [0.25, 0.3) is 6.08 Å². The van der Waals surface area contributed by atoms with E-state index in [0.717, 1.165) is 0 Å². The molecule has 2 aromatic rings. The number of carboxylic acids is 2. The third-order valence-corrected chi connectivity index (χ3v) is 6.01. The Morgan fingerprint density at radius 2 is 1.88 bits per heavy atom. The minimum atomic E-state index is -1.12. The Bertz CT molecular complexity index is 1150. The second-order valence-electron chi connectivity index (χ2n) is 6.43. The molecular formula is C21H17BrN2O7S. The predicted octanol–water partition coefficient (Wildman–Crippen LogP) is 3.85. The van der Waals surface area contributed by atoms with Crippen molar-refractivity contribution in [3.63, 3.8) is 0 Å². The summed E-state index contributed by atoms with van der Waals surface area (Å²) < 4.78 is 11.1. The van der Waals surface area contributed by atoms with Crippen LogP contribution in [0.3, 0.4) is 0 Å². The molecule has 0 spiro atoms. The normalized spacial score (nSPS) is 16.0. The number of likely N-dealkylation sites (N-methyl/N-ethyl adjacent to an activating group) is 1. The fraction of sp³-hybridized carbons (Fsp3) is 0.143. The summed E-state index contributed by atoms with van der Waals surface area (Å²) in [5, 5.41) is 18.2. The van der Waals surface area contributed by atoms with Crippen molar-refractivity contribution < 1.29 is 34.1 Å². The Morgan fingerprint density at radius 3 is 2.47 bits per heavy atom. The molecule has 32 heavy (non-hydrogen) atoms. The number of carbonyl (C=O) groups is 3. The van der Waals surface area contributed by atoms with E-state index in [1.54, 1.807) is 37.4 Å². The highest BCUT2D eigenvalue weighted by molar-refractivity contribution is 9.10. The fourth-order valence-electron chi connectivity index (χ4n) is 2.66. The Balaban J connectivity index is 1.88. The lowest BCUT2D eigenvalue weighted by atomic mass is 10.2. The standard InChI is InChI=1S/C21H17BrN2O7S/c1-24-19(27)17(32-21(24)23-13-5-3-11(4-6-13)20(28)29)8-12-7-15(30-2)16(9-14(12)22)31-10-18(25)26/h3-9H,10H2,1-2H3,(H,25,26)(H,28,29). The summed E-state index contributed by atoms with van der Waals surface area (Å²) in [6.07, 6.45) is 1.66. The number of methoxy groups -OCH3 is 1. The molecule has 0 unspecified atom stereocenters. The van der Waals surface area contributed by atoms with Gasteiger partial charge >= 0.3 is 11.9 Å². The average molecular weight is 521 g/mol. The van der Waals surface area contributed by atoms with Gasteiger partial charge in [0, 0.05) is 11.5 Å². The van der Waals surface area contributed by atoms with Gasteiger partial charge in [-0.1, -0.05) is 15.9 Å². The van der Waals surface area contributed by atoms with Crippen molar-refractivity contribution in [3.8, 4) is 11.5 Å². The van der Waals surface area contributed by atoms with Crippen molar-refractivity contribution in [2.45, 2.75) is 0 Å². The molecule has 1 saturated heterocycles. The van der Waals surface area contributed by atoms with E-state index in [9.17, 15) is 14.4 Å². The maximum absolute atomic E-state index is 12.7. The van der Waals surface area contributed by atoms with E-state index in [0.29, 0.717) is 31.5 Å². The third kappa shape index (κ3) is 5.29. The van der Waals surface area contributed by atoms with Gasteiger partial charge in [0.05, 0.1) is 23.3 Å². The molecule has 1 amide bonds. The van der Waals surface area contributed by atoms with E-state index in [4.69, 9.17) is 19.7 Å². The first kappa shape index (κ1) is 23.4. The van der Waals surface area contributed by atoms with Gasteiger partial charge in [0.25, 0.3) is 5.91 Å². The molecule has 166 valence electrons. The SMILES string of the molecule is COc1cc(C=C2SC(=Nc3ccc(C(=O)O)cc3)N(C)C2=O)c(Br)cc1OCC(=O)O. The number of aliphatic imine (C=N–C) groups is 1. The van der Waals surface area contributed by atoms with Gasteiger partial charge in [-0.2, -0.15) is 0 Å². The summed E-state index contributed by atoms with van der Waals surface area (Å²) >= 11 is 4.58. The first-order valence-electron chi connectivity index (χ1n) is 9.01. The molecule has 1 aliphatic heterocycles. The van der Waals surface area contributed by atoms with Gasteiger partial charge in [0.2, 0.25) is 0 Å². The number of halogens is 1. The molecule has 1 fully saturated rings. The van der Waals surface area contributed by atoms with Crippen LogP contribution in [0.4, 0.5) is 5.69 Å². The summed E-state index contributed by atoms with van der Waals surface area (Å²) in [6, 6.07) is 9.21. The predicted molar refractivity (Wildman–Crippen MR) is 123 cm³/mol. The van der Waals surface area contributed by atoms with Crippen LogP contribution in [0.15, 0.2) is 50.8 Å². The van der Waals surface area contributed by atoms with Crippen LogP contribution in [-0.4, -0.2) is 58.9 Å². The summed E-state index contributed by atoms with van der Waals surface area (Å²) in [4.78, 5) is 40.7. The second-order valence-corrected chi connectivity index (χ2v) is 8.29. The number of ether oxygens (including phenoxy) is 2. The van der Waals surface area contributed by atoms with E-state index in [-0.39, 0.29) is 17.2 Å². The van der Waals surface area contributed by atoms with E-state index in [2.05, 4.69) is 20.9 Å². The lowest BCUT2D eigenvalue weighted by Gasteiger charge is -2.11. The summed E-state index contributed by atoms with van der Waals surface area (Å²) in [6.45, 7) is -0.518. The summed E-state index contributed by atoms with van der Waals surface area (Å²) in [7, 11) is 3.02. The van der Waals surface area contributed by atoms with E-state index >= 15 is 0 Å². The molecule has 11 heteroatoms. The van der Waals surface area contributed by atoms with Crippen LogP contribution >= 0.6 is 27.7 Å². The number of amidine groups is 1. The lowest BCUT2D eigenvalue weighted by Crippen LogP contribution is -2.23. The van der Waals surface area contributed by atoms with Gasteiger partial charge in [-0.25, -0.2) is 14.6 Å². The maximum atomic E-state index is 12.7. The average Bonchev–Trinajstić information content (AvgIpc) is 3.01. The van der Waals surface area contributed by atoms with Crippen LogP contribution in [0.2, 0.25) is 0 Å². The molecule has 9 nitrogen and oxygen atoms in total. The zero-order chi connectivity index (χ0) is 23.4. The van der Waals surface area contributed by atoms with Crippen LogP contribution in [-0.2, 0) is 9.59 Å². The number of hydrogen-bond acceptors (Lipinski definition) is 7. The van der Waals surface area contributed by atoms with Gasteiger partial charge < -0.3 is 19.7 Å². The van der Waals surface area contributed by atoms with Crippen molar-refractivity contribution in [3.05, 3.63) is 56.9 Å². The van der Waals surface area contributed by atoms with Crippen molar-refractivity contribution in [2.24, 2.45) is 4.99 Å². The number of nitrogens with zero attached hydrogens (tertiary/aromatic N) is 2. The van der Waals surface area contributed by atoms with Crippen LogP contribution in [0.5, 0.6) is 11.5 Å². The first-order chi connectivity index (χ1) is 15.2. The lowest BCUT2D eigenvalue weighted by molar-refractivity contribution is -0.139. The maximum Gasteiger partial charge on any atom is 0.341 e. The van der Waals surface area contributed by atoms with E-state index in [1.807, 2.05) is 0 Å². The fourth-order valence-corrected chi connectivity index (χ4v) is 4.07. The number of hydrogen-bond donors (Lipinski definition) is 2. The first-order valence-corrected chi connectivity index (χ1v) is 10.6. The summed E-state index contributed by atoms with van der Waals surface area (Å²) in [5.41, 5.74) is 1.29. The van der Waals surface area contributed by atoms with Gasteiger partial charge in [-0.05, 0) is 59.8 Å². The van der Waals surface area contributed by atoms with E-state index < -0.39 is 18.5 Å². The zero-order valence-corrected chi connectivity index (χ0v) is 19.3. The van der Waals surface area contributed by atoms with Crippen LogP contribution in [0, 0.1) is 0 Å². The Morgan fingerprint density at radius 1 is 1.19 bits per heavy atom. The zero-order valence-electron chi connectivity index (χ0n) is 16.9. The molecule has 2 N–H and O–H groups in total. The van der Waals surface area contributed by atoms with Crippen LogP contribution < -0.4 is 9.47 Å². The number of thioether (sulfide) groups is 1.